The summed E-state index contributed by atoms with van der Waals surface area (Å²) in [5.74, 6) is 0.489. The summed E-state index contributed by atoms with van der Waals surface area (Å²) in [6, 6.07) is 9.07. The van der Waals surface area contributed by atoms with Crippen LogP contribution in [0.4, 0.5) is 11.4 Å². The van der Waals surface area contributed by atoms with Crippen molar-refractivity contribution in [2.45, 2.75) is 13.8 Å². The van der Waals surface area contributed by atoms with Gasteiger partial charge in [0, 0.05) is 11.8 Å². The number of rotatable bonds is 3. The van der Waals surface area contributed by atoms with Crippen LogP contribution in [0.25, 0.3) is 0 Å². The third-order valence-corrected chi connectivity index (χ3v) is 3.24. The normalized spacial score (nSPS) is 10.9. The molecule has 0 atom stereocenters. The summed E-state index contributed by atoms with van der Waals surface area (Å²) in [5.41, 5.74) is 10.1. The number of para-hydroxylation sites is 1. The Morgan fingerprint density at radius 3 is 2.60 bits per heavy atom. The predicted octanol–water partition coefficient (Wildman–Crippen LogP) is 3.35. The maximum absolute atomic E-state index is 9.99. The number of aliphatic imine (C=N–C) groups is 1. The third kappa shape index (κ3) is 2.74. The van der Waals surface area contributed by atoms with E-state index >= 15 is 0 Å². The van der Waals surface area contributed by atoms with Gasteiger partial charge in [0.1, 0.15) is 0 Å². The molecule has 2 aromatic carbocycles. The second-order valence-electron chi connectivity index (χ2n) is 4.65. The highest BCUT2D eigenvalue weighted by molar-refractivity contribution is 5.88. The quantitative estimate of drug-likeness (QED) is 0.664. The number of phenols is 1. The largest absolute Gasteiger partial charge is 0.504 e. The molecule has 0 amide bonds. The smallest absolute Gasteiger partial charge is 0.166 e. The van der Waals surface area contributed by atoms with Crippen molar-refractivity contribution in [3.8, 4) is 11.5 Å². The Morgan fingerprint density at radius 2 is 1.90 bits per heavy atom. The van der Waals surface area contributed by atoms with Gasteiger partial charge in [-0.25, -0.2) is 0 Å². The van der Waals surface area contributed by atoms with Crippen LogP contribution in [0.2, 0.25) is 0 Å². The number of hydrogen-bond donors (Lipinski definition) is 2. The van der Waals surface area contributed by atoms with E-state index in [4.69, 9.17) is 10.5 Å². The Balaban J connectivity index is 2.37. The Morgan fingerprint density at radius 1 is 1.20 bits per heavy atom. The highest BCUT2D eigenvalue weighted by Gasteiger charge is 2.05. The molecular formula is C16H18N2O2. The molecule has 0 radical (unpaired) electrons. The maximum atomic E-state index is 9.99. The molecule has 20 heavy (non-hydrogen) atoms. The van der Waals surface area contributed by atoms with Crippen LogP contribution in [-0.4, -0.2) is 18.4 Å². The second-order valence-corrected chi connectivity index (χ2v) is 4.65. The molecular weight excluding hydrogens is 252 g/mol. The lowest BCUT2D eigenvalue weighted by molar-refractivity contribution is 0.373. The number of nitrogens with zero attached hydrogens (tertiary/aromatic N) is 1. The van der Waals surface area contributed by atoms with E-state index in [2.05, 4.69) is 4.99 Å². The minimum absolute atomic E-state index is 0.0705. The van der Waals surface area contributed by atoms with Crippen molar-refractivity contribution in [3.63, 3.8) is 0 Å². The first-order valence-corrected chi connectivity index (χ1v) is 6.29. The molecule has 104 valence electrons. The minimum Gasteiger partial charge on any atom is -0.504 e. The topological polar surface area (TPSA) is 67.8 Å². The zero-order valence-corrected chi connectivity index (χ0v) is 11.8. The van der Waals surface area contributed by atoms with Gasteiger partial charge in [0.05, 0.1) is 18.5 Å². The molecule has 0 aliphatic rings. The molecule has 4 heteroatoms. The molecule has 0 fully saturated rings. The molecule has 0 aliphatic heterocycles. The SMILES string of the molecule is COc1cccc(C=Nc2cc(C)c(C)cc2N)c1O. The number of methoxy groups -OCH3 is 1. The number of aryl methyl sites for hydroxylation is 2. The van der Waals surface area contributed by atoms with Gasteiger partial charge in [0.25, 0.3) is 0 Å². The molecule has 0 saturated heterocycles. The molecule has 0 unspecified atom stereocenters. The van der Waals surface area contributed by atoms with E-state index in [-0.39, 0.29) is 5.75 Å². The zero-order chi connectivity index (χ0) is 14.7. The first-order chi connectivity index (χ1) is 9.52. The average molecular weight is 270 g/mol. The molecule has 0 aromatic heterocycles. The van der Waals surface area contributed by atoms with E-state index in [1.54, 1.807) is 24.4 Å². The van der Waals surface area contributed by atoms with Crippen LogP contribution in [0.5, 0.6) is 11.5 Å². The van der Waals surface area contributed by atoms with E-state index < -0.39 is 0 Å². The third-order valence-electron chi connectivity index (χ3n) is 3.24. The van der Waals surface area contributed by atoms with Crippen LogP contribution in [0.3, 0.4) is 0 Å². The van der Waals surface area contributed by atoms with Gasteiger partial charge >= 0.3 is 0 Å². The lowest BCUT2D eigenvalue weighted by Gasteiger charge is -2.07. The van der Waals surface area contributed by atoms with E-state index in [9.17, 15) is 5.11 Å². The van der Waals surface area contributed by atoms with Gasteiger partial charge in [0.2, 0.25) is 0 Å². The molecule has 0 aliphatic carbocycles. The Kier molecular flexibility index (Phi) is 3.94. The highest BCUT2D eigenvalue weighted by atomic mass is 16.5. The molecule has 2 rings (SSSR count). The fraction of sp³-hybridized carbons (Fsp3) is 0.188. The Hall–Kier alpha value is -2.49. The lowest BCUT2D eigenvalue weighted by Crippen LogP contribution is -1.91. The maximum Gasteiger partial charge on any atom is 0.166 e. The summed E-state index contributed by atoms with van der Waals surface area (Å²) in [4.78, 5) is 4.35. The van der Waals surface area contributed by atoms with Crippen molar-refractivity contribution in [3.05, 3.63) is 47.0 Å². The van der Waals surface area contributed by atoms with E-state index in [0.717, 1.165) is 11.1 Å². The molecule has 2 aromatic rings. The minimum atomic E-state index is 0.0705. The predicted molar refractivity (Wildman–Crippen MR) is 82.2 cm³/mol. The van der Waals surface area contributed by atoms with Crippen LogP contribution in [0.1, 0.15) is 16.7 Å². The summed E-state index contributed by atoms with van der Waals surface area (Å²) < 4.78 is 5.06. The van der Waals surface area contributed by atoms with Gasteiger partial charge in [-0.05, 0) is 49.2 Å². The van der Waals surface area contributed by atoms with Gasteiger partial charge in [-0.15, -0.1) is 0 Å². The summed E-state index contributed by atoms with van der Waals surface area (Å²) >= 11 is 0. The number of phenolic OH excluding ortho intramolecular Hbond substituents is 1. The lowest BCUT2D eigenvalue weighted by atomic mass is 10.1. The van der Waals surface area contributed by atoms with Gasteiger partial charge < -0.3 is 15.6 Å². The standard InChI is InChI=1S/C16H18N2O2/c1-10-7-13(17)14(8-11(10)2)18-9-12-5-4-6-15(20-3)16(12)19/h4-9,19H,17H2,1-3H3. The number of benzene rings is 2. The molecule has 0 spiro atoms. The average Bonchev–Trinajstić information content (AvgIpc) is 2.43. The Bertz CT molecular complexity index is 664. The number of nitrogen functional groups attached to an aromatic ring is 1. The number of ether oxygens (including phenoxy) is 1. The molecule has 0 bridgehead atoms. The number of hydrogen-bond acceptors (Lipinski definition) is 4. The Labute approximate surface area is 118 Å². The van der Waals surface area contributed by atoms with Crippen molar-refractivity contribution in [1.82, 2.24) is 0 Å². The van der Waals surface area contributed by atoms with Crippen molar-refractivity contribution in [2.75, 3.05) is 12.8 Å². The first kappa shape index (κ1) is 13.9. The molecule has 3 N–H and O–H groups in total. The van der Waals surface area contributed by atoms with E-state index in [0.29, 0.717) is 22.7 Å². The van der Waals surface area contributed by atoms with Gasteiger partial charge in [-0.1, -0.05) is 6.07 Å². The monoisotopic (exact) mass is 270 g/mol. The molecule has 0 heterocycles. The van der Waals surface area contributed by atoms with Crippen LogP contribution in [0.15, 0.2) is 35.3 Å². The van der Waals surface area contributed by atoms with Gasteiger partial charge in [-0.3, -0.25) is 4.99 Å². The van der Waals surface area contributed by atoms with E-state index in [1.165, 1.54) is 7.11 Å². The van der Waals surface area contributed by atoms with Crippen molar-refractivity contribution >= 4 is 17.6 Å². The second kappa shape index (κ2) is 5.65. The van der Waals surface area contributed by atoms with E-state index in [1.807, 2.05) is 26.0 Å². The first-order valence-electron chi connectivity index (χ1n) is 6.29. The zero-order valence-electron chi connectivity index (χ0n) is 11.8. The molecule has 0 saturated carbocycles. The van der Waals surface area contributed by atoms with Gasteiger partial charge in [-0.2, -0.15) is 0 Å². The fourth-order valence-corrected chi connectivity index (χ4v) is 1.88. The number of anilines is 1. The highest BCUT2D eigenvalue weighted by Crippen LogP contribution is 2.30. The van der Waals surface area contributed by atoms with Gasteiger partial charge in [0.15, 0.2) is 11.5 Å². The fourth-order valence-electron chi connectivity index (χ4n) is 1.88. The number of nitrogens with two attached hydrogens (primary N) is 1. The van der Waals surface area contributed by atoms with Crippen LogP contribution < -0.4 is 10.5 Å². The molecule has 4 nitrogen and oxygen atoms in total. The van der Waals surface area contributed by atoms with Crippen molar-refractivity contribution in [2.24, 2.45) is 4.99 Å². The summed E-state index contributed by atoms with van der Waals surface area (Å²) in [6.45, 7) is 4.02. The van der Waals surface area contributed by atoms with Crippen LogP contribution in [0, 0.1) is 13.8 Å². The van der Waals surface area contributed by atoms with Crippen LogP contribution >= 0.6 is 0 Å². The van der Waals surface area contributed by atoms with Crippen molar-refractivity contribution in [1.29, 1.82) is 0 Å². The summed E-state index contributed by atoms with van der Waals surface area (Å²) in [6.07, 6.45) is 1.58. The van der Waals surface area contributed by atoms with Crippen LogP contribution in [-0.2, 0) is 0 Å². The summed E-state index contributed by atoms with van der Waals surface area (Å²) in [5, 5.41) is 9.99. The summed E-state index contributed by atoms with van der Waals surface area (Å²) in [7, 11) is 1.51. The number of aromatic hydroxyl groups is 1. The van der Waals surface area contributed by atoms with Crippen molar-refractivity contribution < 1.29 is 9.84 Å².